The molecule has 0 unspecified atom stereocenters. The van der Waals surface area contributed by atoms with Crippen LogP contribution in [0.3, 0.4) is 0 Å². The van der Waals surface area contributed by atoms with E-state index in [1.807, 2.05) is 12.1 Å². The summed E-state index contributed by atoms with van der Waals surface area (Å²) < 4.78 is 18.4. The Balaban J connectivity index is 1.28. The highest BCUT2D eigenvalue weighted by Crippen LogP contribution is 2.36. The lowest BCUT2D eigenvalue weighted by Crippen LogP contribution is -2.41. The second-order valence-electron chi connectivity index (χ2n) is 5.89. The Hall–Kier alpha value is -0.930. The van der Waals surface area contributed by atoms with Crippen molar-refractivity contribution in [3.05, 3.63) is 35.6 Å². The van der Waals surface area contributed by atoms with Crippen molar-refractivity contribution >= 4 is 0 Å². The maximum Gasteiger partial charge on any atom is 0.123 e. The van der Waals surface area contributed by atoms with Crippen LogP contribution in [0.15, 0.2) is 24.3 Å². The average molecular weight is 263 g/mol. The van der Waals surface area contributed by atoms with Crippen molar-refractivity contribution < 1.29 is 9.13 Å². The molecule has 0 atom stereocenters. The SMILES string of the molecule is Fc1ccc(C2CC(NCCOCC3CC3)C2)cc1. The van der Waals surface area contributed by atoms with Crippen LogP contribution in [0.5, 0.6) is 0 Å². The molecule has 0 radical (unpaired) electrons. The number of nitrogens with one attached hydrogen (secondary N) is 1. The van der Waals surface area contributed by atoms with Gasteiger partial charge in [0, 0.05) is 19.2 Å². The average Bonchev–Trinajstić information content (AvgIpc) is 3.17. The molecule has 0 saturated heterocycles. The van der Waals surface area contributed by atoms with E-state index in [2.05, 4.69) is 5.32 Å². The molecule has 0 heterocycles. The molecule has 2 saturated carbocycles. The first-order chi connectivity index (χ1) is 9.31. The fourth-order valence-corrected chi connectivity index (χ4v) is 2.66. The lowest BCUT2D eigenvalue weighted by Gasteiger charge is -2.36. The zero-order valence-corrected chi connectivity index (χ0v) is 11.3. The van der Waals surface area contributed by atoms with Crippen LogP contribution in [0.1, 0.15) is 37.2 Å². The molecule has 1 N–H and O–H groups in total. The van der Waals surface area contributed by atoms with Gasteiger partial charge in [-0.2, -0.15) is 0 Å². The fourth-order valence-electron chi connectivity index (χ4n) is 2.66. The Kier molecular flexibility index (Phi) is 4.14. The highest BCUT2D eigenvalue weighted by Gasteiger charge is 2.29. The summed E-state index contributed by atoms with van der Waals surface area (Å²) in [7, 11) is 0. The lowest BCUT2D eigenvalue weighted by atomic mass is 9.76. The van der Waals surface area contributed by atoms with E-state index in [4.69, 9.17) is 4.74 Å². The van der Waals surface area contributed by atoms with E-state index in [0.29, 0.717) is 12.0 Å². The third-order valence-electron chi connectivity index (χ3n) is 4.21. The van der Waals surface area contributed by atoms with Gasteiger partial charge < -0.3 is 10.1 Å². The molecular formula is C16H22FNO. The Bertz CT molecular complexity index is 396. The molecule has 0 aromatic heterocycles. The van der Waals surface area contributed by atoms with E-state index in [9.17, 15) is 4.39 Å². The standard InChI is InChI=1S/C16H22FNO/c17-15-5-3-13(4-6-15)14-9-16(10-14)18-7-8-19-11-12-1-2-12/h3-6,12,14,16,18H,1-2,7-11H2. The van der Waals surface area contributed by atoms with Gasteiger partial charge in [0.25, 0.3) is 0 Å². The maximum absolute atomic E-state index is 12.8. The molecular weight excluding hydrogens is 241 g/mol. The summed E-state index contributed by atoms with van der Waals surface area (Å²) in [6.07, 6.45) is 5.04. The van der Waals surface area contributed by atoms with E-state index < -0.39 is 0 Å². The predicted octanol–water partition coefficient (Wildman–Crippen LogP) is 3.09. The number of hydrogen-bond donors (Lipinski definition) is 1. The molecule has 2 nitrogen and oxygen atoms in total. The number of rotatable bonds is 7. The molecule has 0 amide bonds. The van der Waals surface area contributed by atoms with Gasteiger partial charge in [0.15, 0.2) is 0 Å². The van der Waals surface area contributed by atoms with Crippen molar-refractivity contribution in [2.45, 2.75) is 37.6 Å². The van der Waals surface area contributed by atoms with Crippen molar-refractivity contribution in [2.24, 2.45) is 5.92 Å². The van der Waals surface area contributed by atoms with Gasteiger partial charge in [-0.05, 0) is 55.2 Å². The van der Waals surface area contributed by atoms with Gasteiger partial charge in [-0.1, -0.05) is 12.1 Å². The van der Waals surface area contributed by atoms with Crippen LogP contribution in [0.25, 0.3) is 0 Å². The van der Waals surface area contributed by atoms with Crippen molar-refractivity contribution in [1.82, 2.24) is 5.32 Å². The van der Waals surface area contributed by atoms with Gasteiger partial charge in [-0.25, -0.2) is 4.39 Å². The van der Waals surface area contributed by atoms with Gasteiger partial charge in [-0.15, -0.1) is 0 Å². The summed E-state index contributed by atoms with van der Waals surface area (Å²) in [5, 5.41) is 3.53. The maximum atomic E-state index is 12.8. The third kappa shape index (κ3) is 3.77. The first-order valence-corrected chi connectivity index (χ1v) is 7.38. The normalized spacial score (nSPS) is 26.2. The van der Waals surface area contributed by atoms with Crippen LogP contribution < -0.4 is 5.32 Å². The zero-order valence-electron chi connectivity index (χ0n) is 11.3. The summed E-state index contributed by atoms with van der Waals surface area (Å²) in [5.74, 6) is 1.31. The van der Waals surface area contributed by atoms with E-state index in [1.54, 1.807) is 12.1 Å². The van der Waals surface area contributed by atoms with E-state index in [0.717, 1.165) is 38.5 Å². The molecule has 19 heavy (non-hydrogen) atoms. The van der Waals surface area contributed by atoms with Crippen LogP contribution in [0.4, 0.5) is 4.39 Å². The Morgan fingerprint density at radius 2 is 1.89 bits per heavy atom. The van der Waals surface area contributed by atoms with Crippen LogP contribution in [0.2, 0.25) is 0 Å². The number of ether oxygens (including phenoxy) is 1. The second-order valence-corrected chi connectivity index (χ2v) is 5.89. The smallest absolute Gasteiger partial charge is 0.123 e. The highest BCUT2D eigenvalue weighted by molar-refractivity contribution is 5.23. The molecule has 2 fully saturated rings. The van der Waals surface area contributed by atoms with E-state index in [-0.39, 0.29) is 5.82 Å². The van der Waals surface area contributed by atoms with Crippen molar-refractivity contribution in [3.63, 3.8) is 0 Å². The first-order valence-electron chi connectivity index (χ1n) is 7.38. The predicted molar refractivity (Wildman–Crippen MR) is 73.7 cm³/mol. The summed E-state index contributed by atoms with van der Waals surface area (Å²) in [6.45, 7) is 2.73. The topological polar surface area (TPSA) is 21.3 Å². The van der Waals surface area contributed by atoms with Crippen LogP contribution in [0, 0.1) is 11.7 Å². The molecule has 3 rings (SSSR count). The zero-order chi connectivity index (χ0) is 13.1. The summed E-state index contributed by atoms with van der Waals surface area (Å²) >= 11 is 0. The van der Waals surface area contributed by atoms with Gasteiger partial charge in [-0.3, -0.25) is 0 Å². The Labute approximate surface area is 114 Å². The van der Waals surface area contributed by atoms with E-state index in [1.165, 1.54) is 18.4 Å². The van der Waals surface area contributed by atoms with Crippen LogP contribution in [-0.2, 0) is 4.74 Å². The Morgan fingerprint density at radius 1 is 1.16 bits per heavy atom. The van der Waals surface area contributed by atoms with Crippen molar-refractivity contribution in [2.75, 3.05) is 19.8 Å². The fraction of sp³-hybridized carbons (Fsp3) is 0.625. The minimum absolute atomic E-state index is 0.148. The second kappa shape index (κ2) is 6.02. The molecule has 2 aliphatic carbocycles. The third-order valence-corrected chi connectivity index (χ3v) is 4.21. The molecule has 1 aromatic carbocycles. The minimum Gasteiger partial charge on any atom is -0.380 e. The summed E-state index contributed by atoms with van der Waals surface area (Å²) in [4.78, 5) is 0. The number of halogens is 1. The number of benzene rings is 1. The van der Waals surface area contributed by atoms with Crippen LogP contribution >= 0.6 is 0 Å². The first kappa shape index (κ1) is 13.1. The van der Waals surface area contributed by atoms with Crippen molar-refractivity contribution in [3.8, 4) is 0 Å². The summed E-state index contributed by atoms with van der Waals surface area (Å²) in [6, 6.07) is 7.55. The van der Waals surface area contributed by atoms with E-state index >= 15 is 0 Å². The van der Waals surface area contributed by atoms with Crippen molar-refractivity contribution in [1.29, 1.82) is 0 Å². The molecule has 0 spiro atoms. The highest BCUT2D eigenvalue weighted by atomic mass is 19.1. The lowest BCUT2D eigenvalue weighted by molar-refractivity contribution is 0.120. The van der Waals surface area contributed by atoms with Gasteiger partial charge in [0.2, 0.25) is 0 Å². The quantitative estimate of drug-likeness (QED) is 0.763. The molecule has 104 valence electrons. The molecule has 1 aromatic rings. The molecule has 0 aliphatic heterocycles. The number of hydrogen-bond acceptors (Lipinski definition) is 2. The molecule has 3 heteroatoms. The molecule has 0 bridgehead atoms. The molecule has 2 aliphatic rings. The Morgan fingerprint density at radius 3 is 2.58 bits per heavy atom. The van der Waals surface area contributed by atoms with Crippen LogP contribution in [-0.4, -0.2) is 25.8 Å². The summed E-state index contributed by atoms with van der Waals surface area (Å²) in [5.41, 5.74) is 1.27. The van der Waals surface area contributed by atoms with Gasteiger partial charge >= 0.3 is 0 Å². The van der Waals surface area contributed by atoms with Gasteiger partial charge in [0.05, 0.1) is 6.61 Å². The monoisotopic (exact) mass is 263 g/mol. The van der Waals surface area contributed by atoms with Gasteiger partial charge in [0.1, 0.15) is 5.82 Å². The largest absolute Gasteiger partial charge is 0.380 e. The minimum atomic E-state index is -0.148.